The molecule has 280 valence electrons. The number of fused-ring (bicyclic) bond motifs is 5. The van der Waals surface area contributed by atoms with Gasteiger partial charge in [0.25, 0.3) is 0 Å². The first-order valence-corrected chi connectivity index (χ1v) is 20.3. The van der Waals surface area contributed by atoms with Crippen molar-refractivity contribution in [3.63, 3.8) is 0 Å². The van der Waals surface area contributed by atoms with Crippen molar-refractivity contribution in [3.8, 4) is 78.5 Å². The van der Waals surface area contributed by atoms with Gasteiger partial charge in [0.1, 0.15) is 0 Å². The summed E-state index contributed by atoms with van der Waals surface area (Å²) in [4.78, 5) is 15.9. The summed E-state index contributed by atoms with van der Waals surface area (Å²) in [6, 6.07) is 79.2. The molecule has 0 saturated carbocycles. The molecule has 2 heterocycles. The number of hydrogen-bond donors (Lipinski definition) is 0. The largest absolute Gasteiger partial charge is 0.246 e. The monoisotopic (exact) mass is 763 g/mol. The Kier molecular flexibility index (Phi) is 8.83. The highest BCUT2D eigenvalue weighted by Gasteiger charge is 2.17. The predicted molar refractivity (Wildman–Crippen MR) is 250 cm³/mol. The number of pyridine rings is 1. The number of para-hydroxylation sites is 1. The van der Waals surface area contributed by atoms with Gasteiger partial charge in [-0.25, -0.2) is 15.0 Å². The number of aromatic nitrogens is 3. The van der Waals surface area contributed by atoms with Crippen LogP contribution in [-0.4, -0.2) is 15.0 Å². The fraction of sp³-hybridized carbons (Fsp3) is 0. The van der Waals surface area contributed by atoms with Crippen molar-refractivity contribution in [2.75, 3.05) is 0 Å². The molecule has 9 aromatic carbocycles. The van der Waals surface area contributed by atoms with E-state index in [0.717, 1.165) is 72.3 Å². The minimum Gasteiger partial charge on any atom is -0.246 e. The van der Waals surface area contributed by atoms with E-state index in [-0.39, 0.29) is 0 Å². The maximum absolute atomic E-state index is 5.50. The van der Waals surface area contributed by atoms with E-state index in [1.807, 2.05) is 12.1 Å². The molecule has 0 atom stereocenters. The van der Waals surface area contributed by atoms with Gasteiger partial charge in [-0.05, 0) is 44.7 Å². The van der Waals surface area contributed by atoms with Crippen LogP contribution in [0.5, 0.6) is 0 Å². The van der Waals surface area contributed by atoms with Crippen LogP contribution in [0.15, 0.2) is 224 Å². The van der Waals surface area contributed by atoms with Crippen molar-refractivity contribution in [1.82, 2.24) is 15.0 Å². The Hall–Kier alpha value is -8.01. The van der Waals surface area contributed by atoms with Gasteiger partial charge in [-0.15, -0.1) is 0 Å². The molecular formula is C57H37N3. The lowest BCUT2D eigenvalue weighted by Crippen LogP contribution is -1.96. The first-order valence-electron chi connectivity index (χ1n) is 20.3. The van der Waals surface area contributed by atoms with Crippen molar-refractivity contribution in [1.29, 1.82) is 0 Å². The Morgan fingerprint density at radius 3 is 1.33 bits per heavy atom. The van der Waals surface area contributed by atoms with Gasteiger partial charge in [0, 0.05) is 44.0 Å². The molecule has 0 N–H and O–H groups in total. The molecule has 0 bridgehead atoms. The molecule has 0 aliphatic carbocycles. The second kappa shape index (κ2) is 15.1. The van der Waals surface area contributed by atoms with Gasteiger partial charge < -0.3 is 0 Å². The topological polar surface area (TPSA) is 38.7 Å². The number of nitrogens with zero attached hydrogens (tertiary/aromatic N) is 3. The smallest absolute Gasteiger partial charge is 0.160 e. The SMILES string of the molecule is c1ccc(-c2ccc(-c3cc(-c4ccc(-c5nc6c(-c7ccccc7)cccc6c6c5ccc5ccccc56)cc4)nc(-c4ccc(-c5ccccc5)cc4)n3)cc2)cc1. The Balaban J connectivity index is 1.04. The average molecular weight is 764 g/mol. The molecule has 0 fully saturated rings. The first kappa shape index (κ1) is 35.2. The fourth-order valence-electron chi connectivity index (χ4n) is 8.44. The minimum atomic E-state index is 0.681. The Morgan fingerprint density at radius 1 is 0.267 bits per heavy atom. The Bertz CT molecular complexity index is 3210. The van der Waals surface area contributed by atoms with Crippen molar-refractivity contribution in [2.45, 2.75) is 0 Å². The highest BCUT2D eigenvalue weighted by molar-refractivity contribution is 6.24. The van der Waals surface area contributed by atoms with Gasteiger partial charge in [-0.2, -0.15) is 0 Å². The van der Waals surface area contributed by atoms with E-state index in [4.69, 9.17) is 15.0 Å². The minimum absolute atomic E-state index is 0.681. The van der Waals surface area contributed by atoms with Crippen molar-refractivity contribution < 1.29 is 0 Å². The van der Waals surface area contributed by atoms with E-state index >= 15 is 0 Å². The van der Waals surface area contributed by atoms with E-state index in [0.29, 0.717) is 5.82 Å². The van der Waals surface area contributed by atoms with Crippen LogP contribution in [0.4, 0.5) is 0 Å². The molecule has 11 aromatic rings. The van der Waals surface area contributed by atoms with Gasteiger partial charge in [-0.1, -0.05) is 218 Å². The highest BCUT2D eigenvalue weighted by Crippen LogP contribution is 2.40. The molecule has 60 heavy (non-hydrogen) atoms. The third kappa shape index (κ3) is 6.49. The van der Waals surface area contributed by atoms with Crippen molar-refractivity contribution in [2.24, 2.45) is 0 Å². The van der Waals surface area contributed by atoms with Crippen LogP contribution in [-0.2, 0) is 0 Å². The second-order valence-electron chi connectivity index (χ2n) is 15.2. The van der Waals surface area contributed by atoms with Gasteiger partial charge in [0.15, 0.2) is 5.82 Å². The molecule has 0 radical (unpaired) electrons. The van der Waals surface area contributed by atoms with Crippen LogP contribution in [0, 0.1) is 0 Å². The van der Waals surface area contributed by atoms with Crippen LogP contribution in [0.25, 0.3) is 111 Å². The first-order chi connectivity index (χ1) is 29.7. The Labute approximate surface area is 349 Å². The summed E-state index contributed by atoms with van der Waals surface area (Å²) in [6.45, 7) is 0. The van der Waals surface area contributed by atoms with E-state index in [1.54, 1.807) is 0 Å². The summed E-state index contributed by atoms with van der Waals surface area (Å²) < 4.78 is 0. The lowest BCUT2D eigenvalue weighted by molar-refractivity contribution is 1.18. The van der Waals surface area contributed by atoms with Gasteiger partial charge in [0.05, 0.1) is 22.6 Å². The molecular weight excluding hydrogens is 727 g/mol. The highest BCUT2D eigenvalue weighted by atomic mass is 14.9. The van der Waals surface area contributed by atoms with E-state index in [2.05, 4.69) is 212 Å². The standard InChI is InChI=1S/C57H37N3/c1-4-13-38(14-5-1)40-23-27-44(28-24-40)52-37-53(59-57(58-52)47-33-25-41(26-34-47)39-15-6-2-7-16-39)45-29-31-46(32-30-45)55-51-36-35-43-19-10-11-20-48(43)54(51)50-22-12-21-49(56(50)60-55)42-17-8-3-9-18-42/h1-37H. The maximum atomic E-state index is 5.50. The summed E-state index contributed by atoms with van der Waals surface area (Å²) in [5.74, 6) is 0.681. The quantitative estimate of drug-likeness (QED) is 0.152. The van der Waals surface area contributed by atoms with Crippen LogP contribution in [0.2, 0.25) is 0 Å². The third-order valence-corrected chi connectivity index (χ3v) is 11.5. The van der Waals surface area contributed by atoms with Gasteiger partial charge >= 0.3 is 0 Å². The number of hydrogen-bond acceptors (Lipinski definition) is 3. The molecule has 0 saturated heterocycles. The molecule has 2 aromatic heterocycles. The number of benzene rings is 9. The Morgan fingerprint density at radius 2 is 0.733 bits per heavy atom. The summed E-state index contributed by atoms with van der Waals surface area (Å²) in [7, 11) is 0. The molecule has 0 spiro atoms. The maximum Gasteiger partial charge on any atom is 0.160 e. The zero-order valence-corrected chi connectivity index (χ0v) is 32.7. The molecule has 11 rings (SSSR count). The normalized spacial score (nSPS) is 11.3. The molecule has 0 unspecified atom stereocenters. The molecule has 0 amide bonds. The second-order valence-corrected chi connectivity index (χ2v) is 15.2. The summed E-state index contributed by atoms with van der Waals surface area (Å²) in [5.41, 5.74) is 14.7. The van der Waals surface area contributed by atoms with Crippen LogP contribution < -0.4 is 0 Å². The predicted octanol–water partition coefficient (Wildman–Crippen LogP) is 15.0. The van der Waals surface area contributed by atoms with Crippen molar-refractivity contribution in [3.05, 3.63) is 224 Å². The lowest BCUT2D eigenvalue weighted by atomic mass is 9.92. The average Bonchev–Trinajstić information content (AvgIpc) is 3.34. The lowest BCUT2D eigenvalue weighted by Gasteiger charge is -2.15. The van der Waals surface area contributed by atoms with Crippen LogP contribution in [0.1, 0.15) is 0 Å². The van der Waals surface area contributed by atoms with E-state index in [1.165, 1.54) is 32.8 Å². The molecule has 0 aliphatic heterocycles. The summed E-state index contributed by atoms with van der Waals surface area (Å²) >= 11 is 0. The molecule has 3 nitrogen and oxygen atoms in total. The van der Waals surface area contributed by atoms with E-state index in [9.17, 15) is 0 Å². The van der Waals surface area contributed by atoms with Crippen LogP contribution >= 0.6 is 0 Å². The van der Waals surface area contributed by atoms with E-state index < -0.39 is 0 Å². The third-order valence-electron chi connectivity index (χ3n) is 11.5. The van der Waals surface area contributed by atoms with Crippen molar-refractivity contribution >= 4 is 32.4 Å². The van der Waals surface area contributed by atoms with Gasteiger partial charge in [-0.3, -0.25) is 0 Å². The zero-order valence-electron chi connectivity index (χ0n) is 32.7. The summed E-state index contributed by atoms with van der Waals surface area (Å²) in [5, 5.41) is 5.93. The fourth-order valence-corrected chi connectivity index (χ4v) is 8.44. The molecule has 0 aliphatic rings. The summed E-state index contributed by atoms with van der Waals surface area (Å²) in [6.07, 6.45) is 0. The van der Waals surface area contributed by atoms with Crippen LogP contribution in [0.3, 0.4) is 0 Å². The zero-order chi connectivity index (χ0) is 39.8. The molecule has 3 heteroatoms. The van der Waals surface area contributed by atoms with Gasteiger partial charge in [0.2, 0.25) is 0 Å². The number of rotatable bonds is 7.